The summed E-state index contributed by atoms with van der Waals surface area (Å²) in [5, 5.41) is 4.49. The summed E-state index contributed by atoms with van der Waals surface area (Å²) in [4.78, 5) is 14.7. The molecule has 0 atom stereocenters. The van der Waals surface area contributed by atoms with E-state index in [1.807, 2.05) is 39.0 Å². The third kappa shape index (κ3) is 3.33. The molecule has 28 heavy (non-hydrogen) atoms. The number of rotatable bonds is 5. The van der Waals surface area contributed by atoms with E-state index >= 15 is 0 Å². The van der Waals surface area contributed by atoms with Gasteiger partial charge in [-0.2, -0.15) is 0 Å². The van der Waals surface area contributed by atoms with Gasteiger partial charge in [0.1, 0.15) is 21.4 Å². The summed E-state index contributed by atoms with van der Waals surface area (Å²) in [5.74, 6) is 2.91. The monoisotopic (exact) mass is 413 g/mol. The summed E-state index contributed by atoms with van der Waals surface area (Å²) in [7, 11) is 3.26. The Bertz CT molecular complexity index is 1150. The number of aromatic nitrogens is 3. The first-order valence-electron chi connectivity index (χ1n) is 8.60. The number of hydrogen-bond donors (Lipinski definition) is 0. The first-order valence-corrected chi connectivity index (χ1v) is 10.3. The molecular weight excluding hydrogens is 394 g/mol. The SMILES string of the molecule is COc1ccc(-c2csc3nc(C)nc(Sc4nc(C)c(C)o4)c23)cc1OC. The average molecular weight is 414 g/mol. The summed E-state index contributed by atoms with van der Waals surface area (Å²) in [6.45, 7) is 5.74. The molecular formula is C20H19N3O3S2. The highest BCUT2D eigenvalue weighted by Crippen LogP contribution is 2.42. The van der Waals surface area contributed by atoms with Crippen LogP contribution in [0.25, 0.3) is 21.3 Å². The van der Waals surface area contributed by atoms with Crippen molar-refractivity contribution in [2.45, 2.75) is 31.0 Å². The predicted octanol–water partition coefficient (Wildman–Crippen LogP) is 5.44. The summed E-state index contributed by atoms with van der Waals surface area (Å²) >= 11 is 3.01. The van der Waals surface area contributed by atoms with Crippen molar-refractivity contribution in [1.82, 2.24) is 15.0 Å². The lowest BCUT2D eigenvalue weighted by Gasteiger charge is -2.10. The molecule has 3 aromatic heterocycles. The van der Waals surface area contributed by atoms with Crippen LogP contribution in [0.4, 0.5) is 0 Å². The second-order valence-electron chi connectivity index (χ2n) is 6.20. The Morgan fingerprint density at radius 1 is 1.00 bits per heavy atom. The normalized spacial score (nSPS) is 11.2. The summed E-state index contributed by atoms with van der Waals surface area (Å²) in [6, 6.07) is 5.88. The molecule has 4 rings (SSSR count). The molecule has 0 bridgehead atoms. The van der Waals surface area contributed by atoms with Gasteiger partial charge in [-0.3, -0.25) is 0 Å². The lowest BCUT2D eigenvalue weighted by atomic mass is 10.1. The fourth-order valence-corrected chi connectivity index (χ4v) is 4.93. The van der Waals surface area contributed by atoms with E-state index < -0.39 is 0 Å². The van der Waals surface area contributed by atoms with Gasteiger partial charge < -0.3 is 13.9 Å². The minimum atomic E-state index is 0.582. The van der Waals surface area contributed by atoms with Gasteiger partial charge in [0, 0.05) is 10.9 Å². The standard InChI is InChI=1S/C20H19N3O3S2/c1-10-11(2)26-20(21-10)28-19-17-14(9-27-18(17)22-12(3)23-19)13-6-7-15(24-4)16(8-13)25-5/h6-9H,1-5H3. The van der Waals surface area contributed by atoms with Crippen molar-refractivity contribution in [2.75, 3.05) is 14.2 Å². The van der Waals surface area contributed by atoms with Crippen molar-refractivity contribution >= 4 is 33.3 Å². The van der Waals surface area contributed by atoms with E-state index in [0.717, 1.165) is 43.6 Å². The minimum Gasteiger partial charge on any atom is -0.493 e. The van der Waals surface area contributed by atoms with Gasteiger partial charge in [0.15, 0.2) is 11.5 Å². The van der Waals surface area contributed by atoms with Gasteiger partial charge in [-0.1, -0.05) is 6.07 Å². The van der Waals surface area contributed by atoms with E-state index in [1.54, 1.807) is 25.6 Å². The van der Waals surface area contributed by atoms with Crippen molar-refractivity contribution < 1.29 is 13.9 Å². The maximum Gasteiger partial charge on any atom is 0.262 e. The molecule has 0 aliphatic carbocycles. The highest BCUT2D eigenvalue weighted by Gasteiger charge is 2.19. The summed E-state index contributed by atoms with van der Waals surface area (Å²) < 4.78 is 16.6. The van der Waals surface area contributed by atoms with Crippen LogP contribution in [0.15, 0.2) is 38.2 Å². The van der Waals surface area contributed by atoms with Crippen molar-refractivity contribution in [3.63, 3.8) is 0 Å². The van der Waals surface area contributed by atoms with Crippen molar-refractivity contribution in [3.05, 3.63) is 40.9 Å². The number of benzene rings is 1. The van der Waals surface area contributed by atoms with Crippen LogP contribution in [-0.4, -0.2) is 29.2 Å². The number of ether oxygens (including phenoxy) is 2. The molecule has 0 spiro atoms. The van der Waals surface area contributed by atoms with E-state index in [0.29, 0.717) is 16.7 Å². The van der Waals surface area contributed by atoms with Crippen LogP contribution < -0.4 is 9.47 Å². The van der Waals surface area contributed by atoms with Crippen molar-refractivity contribution in [1.29, 1.82) is 0 Å². The summed E-state index contributed by atoms with van der Waals surface area (Å²) in [5.41, 5.74) is 2.94. The van der Waals surface area contributed by atoms with Crippen LogP contribution >= 0.6 is 23.1 Å². The van der Waals surface area contributed by atoms with Gasteiger partial charge >= 0.3 is 0 Å². The molecule has 0 aliphatic heterocycles. The van der Waals surface area contributed by atoms with Crippen LogP contribution in [0, 0.1) is 20.8 Å². The van der Waals surface area contributed by atoms with Gasteiger partial charge in [-0.25, -0.2) is 15.0 Å². The van der Waals surface area contributed by atoms with Crippen LogP contribution in [-0.2, 0) is 0 Å². The Morgan fingerprint density at radius 3 is 2.46 bits per heavy atom. The maximum atomic E-state index is 5.75. The molecule has 0 N–H and O–H groups in total. The fourth-order valence-electron chi connectivity index (χ4n) is 2.87. The van der Waals surface area contributed by atoms with Crippen molar-refractivity contribution in [2.24, 2.45) is 0 Å². The fraction of sp³-hybridized carbons (Fsp3) is 0.250. The Morgan fingerprint density at radius 2 is 1.79 bits per heavy atom. The van der Waals surface area contributed by atoms with Gasteiger partial charge in [-0.05, 0) is 50.2 Å². The second kappa shape index (κ2) is 7.44. The molecule has 144 valence electrons. The Balaban J connectivity index is 1.86. The van der Waals surface area contributed by atoms with Gasteiger partial charge in [-0.15, -0.1) is 11.3 Å². The lowest BCUT2D eigenvalue weighted by Crippen LogP contribution is -1.93. The smallest absolute Gasteiger partial charge is 0.262 e. The van der Waals surface area contributed by atoms with Gasteiger partial charge in [0.05, 0.1) is 25.3 Å². The van der Waals surface area contributed by atoms with E-state index in [9.17, 15) is 0 Å². The molecule has 8 heteroatoms. The second-order valence-corrected chi connectivity index (χ2v) is 8.00. The third-order valence-electron chi connectivity index (χ3n) is 4.40. The number of fused-ring (bicyclic) bond motifs is 1. The largest absolute Gasteiger partial charge is 0.493 e. The van der Waals surface area contributed by atoms with E-state index in [4.69, 9.17) is 13.9 Å². The number of methoxy groups -OCH3 is 2. The predicted molar refractivity (Wildman–Crippen MR) is 111 cm³/mol. The molecule has 1 aromatic carbocycles. The lowest BCUT2D eigenvalue weighted by molar-refractivity contribution is 0.355. The summed E-state index contributed by atoms with van der Waals surface area (Å²) in [6.07, 6.45) is 0. The Hall–Kier alpha value is -2.58. The Labute approximate surface area is 170 Å². The Kier molecular flexibility index (Phi) is 4.99. The molecule has 4 aromatic rings. The molecule has 0 radical (unpaired) electrons. The number of nitrogens with zero attached hydrogens (tertiary/aromatic N) is 3. The van der Waals surface area contributed by atoms with E-state index in [1.165, 1.54) is 11.8 Å². The minimum absolute atomic E-state index is 0.582. The molecule has 0 saturated heterocycles. The molecule has 0 amide bonds. The zero-order valence-corrected chi connectivity index (χ0v) is 17.8. The van der Waals surface area contributed by atoms with Crippen LogP contribution in [0.3, 0.4) is 0 Å². The van der Waals surface area contributed by atoms with Crippen LogP contribution in [0.5, 0.6) is 11.5 Å². The number of hydrogen-bond acceptors (Lipinski definition) is 8. The zero-order chi connectivity index (χ0) is 19.8. The third-order valence-corrected chi connectivity index (χ3v) is 6.11. The number of oxazole rings is 1. The first-order chi connectivity index (χ1) is 13.5. The zero-order valence-electron chi connectivity index (χ0n) is 16.2. The van der Waals surface area contributed by atoms with Gasteiger partial charge in [0.25, 0.3) is 5.22 Å². The highest BCUT2D eigenvalue weighted by molar-refractivity contribution is 7.99. The van der Waals surface area contributed by atoms with Gasteiger partial charge in [0.2, 0.25) is 0 Å². The number of aryl methyl sites for hydroxylation is 3. The number of thiophene rings is 1. The quantitative estimate of drug-likeness (QED) is 0.403. The van der Waals surface area contributed by atoms with Crippen LogP contribution in [0.1, 0.15) is 17.3 Å². The molecule has 0 aliphatic rings. The molecule has 0 fully saturated rings. The molecule has 0 saturated carbocycles. The topological polar surface area (TPSA) is 70.3 Å². The van der Waals surface area contributed by atoms with Crippen LogP contribution in [0.2, 0.25) is 0 Å². The molecule has 6 nitrogen and oxygen atoms in total. The molecule has 3 heterocycles. The maximum absolute atomic E-state index is 5.75. The van der Waals surface area contributed by atoms with E-state index in [-0.39, 0.29) is 0 Å². The first kappa shape index (κ1) is 18.8. The molecule has 0 unspecified atom stereocenters. The van der Waals surface area contributed by atoms with Crippen molar-refractivity contribution in [3.8, 4) is 22.6 Å². The average Bonchev–Trinajstić information content (AvgIpc) is 3.24. The van der Waals surface area contributed by atoms with E-state index in [2.05, 4.69) is 20.3 Å². The highest BCUT2D eigenvalue weighted by atomic mass is 32.2.